The van der Waals surface area contributed by atoms with Crippen molar-refractivity contribution in [3.63, 3.8) is 0 Å². The number of hydrogen-bond acceptors (Lipinski definition) is 1. The molecule has 1 aromatic carbocycles. The lowest BCUT2D eigenvalue weighted by atomic mass is 9.93. The topological polar surface area (TPSA) is 12.0 Å². The molecule has 15 heavy (non-hydrogen) atoms. The fraction of sp³-hybridized carbons (Fsp3) is 0.455. The fourth-order valence-electron chi connectivity index (χ4n) is 1.59. The zero-order valence-corrected chi connectivity index (χ0v) is 9.78. The van der Waals surface area contributed by atoms with E-state index in [4.69, 9.17) is 0 Å². The van der Waals surface area contributed by atoms with E-state index < -0.39 is 5.82 Å². The predicted octanol–water partition coefficient (Wildman–Crippen LogP) is 3.37. The lowest BCUT2D eigenvalue weighted by molar-refractivity contribution is 0.335. The summed E-state index contributed by atoms with van der Waals surface area (Å²) in [6, 6.07) is 2.77. The minimum atomic E-state index is -0.415. The lowest BCUT2D eigenvalue weighted by Crippen LogP contribution is -2.34. The minimum Gasteiger partial charge on any atom is -0.310 e. The Morgan fingerprint density at radius 3 is 2.53 bits per heavy atom. The van der Waals surface area contributed by atoms with Crippen molar-refractivity contribution in [3.05, 3.63) is 33.8 Å². The summed E-state index contributed by atoms with van der Waals surface area (Å²) in [6.45, 7) is 0.384. The maximum atomic E-state index is 13.4. The van der Waals surface area contributed by atoms with Crippen molar-refractivity contribution in [3.8, 4) is 0 Å². The second kappa shape index (κ2) is 4.58. The molecule has 0 unspecified atom stereocenters. The van der Waals surface area contributed by atoms with E-state index in [1.165, 1.54) is 6.42 Å². The Hall–Kier alpha value is -0.480. The smallest absolute Gasteiger partial charge is 0.137 e. The first kappa shape index (κ1) is 11.0. The van der Waals surface area contributed by atoms with Crippen molar-refractivity contribution in [1.82, 2.24) is 5.32 Å². The normalized spacial score (nSPS) is 16.5. The highest BCUT2D eigenvalue weighted by Gasteiger charge is 2.18. The quantitative estimate of drug-likeness (QED) is 0.835. The number of hydrogen-bond donors (Lipinski definition) is 1. The van der Waals surface area contributed by atoms with E-state index in [-0.39, 0.29) is 10.3 Å². The molecule has 1 saturated carbocycles. The van der Waals surface area contributed by atoms with Crippen LogP contribution >= 0.6 is 15.9 Å². The zero-order valence-electron chi connectivity index (χ0n) is 8.19. The molecule has 4 heteroatoms. The minimum absolute atomic E-state index is 0.231. The van der Waals surface area contributed by atoms with E-state index >= 15 is 0 Å². The molecule has 0 atom stereocenters. The van der Waals surface area contributed by atoms with E-state index in [0.29, 0.717) is 18.2 Å². The van der Waals surface area contributed by atoms with Crippen molar-refractivity contribution >= 4 is 15.9 Å². The third-order valence-electron chi connectivity index (χ3n) is 2.81. The zero-order chi connectivity index (χ0) is 10.8. The van der Waals surface area contributed by atoms with Crippen molar-refractivity contribution < 1.29 is 8.78 Å². The van der Waals surface area contributed by atoms with Crippen molar-refractivity contribution in [2.24, 2.45) is 0 Å². The van der Waals surface area contributed by atoms with E-state index in [2.05, 4.69) is 21.2 Å². The molecule has 0 bridgehead atoms. The lowest BCUT2D eigenvalue weighted by Gasteiger charge is -2.26. The highest BCUT2D eigenvalue weighted by Crippen LogP contribution is 2.25. The molecule has 82 valence electrons. The van der Waals surface area contributed by atoms with Crippen molar-refractivity contribution in [2.75, 3.05) is 0 Å². The van der Waals surface area contributed by atoms with Crippen LogP contribution in [-0.2, 0) is 6.54 Å². The van der Waals surface area contributed by atoms with Gasteiger partial charge in [-0.05, 0) is 40.9 Å². The Balaban J connectivity index is 2.08. The van der Waals surface area contributed by atoms with Gasteiger partial charge in [0.1, 0.15) is 11.6 Å². The molecule has 1 aliphatic carbocycles. The average Bonchev–Trinajstić information content (AvgIpc) is 2.15. The predicted molar refractivity (Wildman–Crippen MR) is 58.5 cm³/mol. The van der Waals surface area contributed by atoms with Crippen LogP contribution in [0, 0.1) is 11.6 Å². The molecule has 0 heterocycles. The van der Waals surface area contributed by atoms with E-state index in [9.17, 15) is 8.78 Å². The highest BCUT2D eigenvalue weighted by atomic mass is 79.9. The van der Waals surface area contributed by atoms with Gasteiger partial charge in [-0.2, -0.15) is 0 Å². The molecular formula is C11H12BrF2N. The van der Waals surface area contributed by atoms with Crippen LogP contribution in [0.5, 0.6) is 0 Å². The molecule has 0 aromatic heterocycles. The monoisotopic (exact) mass is 275 g/mol. The number of halogens is 3. The second-order valence-corrected chi connectivity index (χ2v) is 4.62. The molecule has 1 N–H and O–H groups in total. The summed E-state index contributed by atoms with van der Waals surface area (Å²) in [7, 11) is 0. The van der Waals surface area contributed by atoms with Gasteiger partial charge in [-0.15, -0.1) is 0 Å². The van der Waals surface area contributed by atoms with Gasteiger partial charge in [0.2, 0.25) is 0 Å². The van der Waals surface area contributed by atoms with Gasteiger partial charge in [-0.25, -0.2) is 8.78 Å². The van der Waals surface area contributed by atoms with Crippen LogP contribution in [0.4, 0.5) is 8.78 Å². The summed E-state index contributed by atoms with van der Waals surface area (Å²) >= 11 is 3.07. The first-order valence-electron chi connectivity index (χ1n) is 5.04. The molecule has 1 nitrogen and oxygen atoms in total. The van der Waals surface area contributed by atoms with Crippen LogP contribution in [0.15, 0.2) is 16.6 Å². The molecule has 0 saturated heterocycles. The van der Waals surface area contributed by atoms with Gasteiger partial charge in [-0.3, -0.25) is 0 Å². The van der Waals surface area contributed by atoms with Crippen LogP contribution in [0.2, 0.25) is 0 Å². The molecule has 0 radical (unpaired) electrons. The van der Waals surface area contributed by atoms with Crippen LogP contribution < -0.4 is 5.32 Å². The molecule has 1 fully saturated rings. The number of nitrogens with one attached hydrogen (secondary N) is 1. The molecule has 1 aromatic rings. The maximum absolute atomic E-state index is 13.4. The molecule has 0 spiro atoms. The fourth-order valence-corrected chi connectivity index (χ4v) is 2.05. The van der Waals surface area contributed by atoms with E-state index in [0.717, 1.165) is 25.0 Å². The third-order valence-corrected chi connectivity index (χ3v) is 3.67. The Labute approximate surface area is 96.0 Å². The van der Waals surface area contributed by atoms with E-state index in [1.807, 2.05) is 0 Å². The van der Waals surface area contributed by atoms with Gasteiger partial charge in [0, 0.05) is 18.2 Å². The van der Waals surface area contributed by atoms with Crippen molar-refractivity contribution in [1.29, 1.82) is 0 Å². The Bertz CT molecular complexity index is 364. The first-order valence-corrected chi connectivity index (χ1v) is 5.83. The number of benzene rings is 1. The first-order chi connectivity index (χ1) is 7.18. The van der Waals surface area contributed by atoms with Gasteiger partial charge in [-0.1, -0.05) is 6.42 Å². The van der Waals surface area contributed by atoms with Gasteiger partial charge in [0.15, 0.2) is 0 Å². The molecule has 0 aliphatic heterocycles. The second-order valence-electron chi connectivity index (χ2n) is 3.83. The van der Waals surface area contributed by atoms with Gasteiger partial charge in [0.25, 0.3) is 0 Å². The summed E-state index contributed by atoms with van der Waals surface area (Å²) in [5.41, 5.74) is 0.377. The van der Waals surface area contributed by atoms with Crippen LogP contribution in [0.3, 0.4) is 0 Å². The van der Waals surface area contributed by atoms with Gasteiger partial charge in [0.05, 0.1) is 4.47 Å². The largest absolute Gasteiger partial charge is 0.310 e. The summed E-state index contributed by atoms with van der Waals surface area (Å²) in [4.78, 5) is 0. The molecule has 2 rings (SSSR count). The Morgan fingerprint density at radius 1 is 1.27 bits per heavy atom. The van der Waals surface area contributed by atoms with E-state index in [1.54, 1.807) is 0 Å². The Kier molecular flexibility index (Phi) is 3.36. The molecule has 1 aliphatic rings. The van der Waals surface area contributed by atoms with Gasteiger partial charge < -0.3 is 5.32 Å². The third kappa shape index (κ3) is 2.37. The van der Waals surface area contributed by atoms with Gasteiger partial charge >= 0.3 is 0 Å². The highest BCUT2D eigenvalue weighted by molar-refractivity contribution is 9.10. The summed E-state index contributed by atoms with van der Waals surface area (Å²) in [6.07, 6.45) is 3.49. The average molecular weight is 276 g/mol. The van der Waals surface area contributed by atoms with Crippen LogP contribution in [0.25, 0.3) is 0 Å². The maximum Gasteiger partial charge on any atom is 0.137 e. The summed E-state index contributed by atoms with van der Waals surface area (Å²) < 4.78 is 26.7. The standard InChI is InChI=1S/C11H12BrF2N/c12-11-8(6-15-7-2-1-3-7)9(13)4-5-10(11)14/h4-5,7,15H,1-3,6H2. The molecular weight excluding hydrogens is 264 g/mol. The molecule has 0 amide bonds. The van der Waals surface area contributed by atoms with Crippen LogP contribution in [0.1, 0.15) is 24.8 Å². The number of rotatable bonds is 3. The Morgan fingerprint density at radius 2 is 1.93 bits per heavy atom. The summed E-state index contributed by atoms with van der Waals surface area (Å²) in [5.74, 6) is -0.781. The van der Waals surface area contributed by atoms with Crippen LogP contribution in [-0.4, -0.2) is 6.04 Å². The van der Waals surface area contributed by atoms with Crippen molar-refractivity contribution in [2.45, 2.75) is 31.8 Å². The summed E-state index contributed by atoms with van der Waals surface area (Å²) in [5, 5.41) is 3.21. The SMILES string of the molecule is Fc1ccc(F)c(CNC2CCC2)c1Br.